The molecule has 5 nitrogen and oxygen atoms in total. The van der Waals surface area contributed by atoms with Crippen molar-refractivity contribution >= 4 is 32.6 Å². The molecule has 136 valence electrons. The normalized spacial score (nSPS) is 15.6. The summed E-state index contributed by atoms with van der Waals surface area (Å²) in [6, 6.07) is 6.40. The highest BCUT2D eigenvalue weighted by molar-refractivity contribution is 7.22. The number of rotatable bonds is 7. The molecule has 0 radical (unpaired) electrons. The lowest BCUT2D eigenvalue weighted by Gasteiger charge is -2.26. The lowest BCUT2D eigenvalue weighted by atomic mass is 10.2. The molecule has 0 spiro atoms. The topological polar surface area (TPSA) is 46.9 Å². The van der Waals surface area contributed by atoms with Crippen LogP contribution < -0.4 is 9.80 Å². The van der Waals surface area contributed by atoms with Crippen molar-refractivity contribution in [2.24, 2.45) is 0 Å². The molecule has 1 fully saturated rings. The number of hydrogen-bond acceptors (Lipinski definition) is 4. The summed E-state index contributed by atoms with van der Waals surface area (Å²) in [5, 5.41) is 0.842. The second-order valence-electron chi connectivity index (χ2n) is 6.56. The van der Waals surface area contributed by atoms with E-state index in [4.69, 9.17) is 9.72 Å². The maximum atomic E-state index is 12.7. The Bertz CT molecular complexity index is 710. The van der Waals surface area contributed by atoms with Gasteiger partial charge in [0.25, 0.3) is 0 Å². The lowest BCUT2D eigenvalue weighted by molar-refractivity contribution is -0.906. The van der Waals surface area contributed by atoms with Gasteiger partial charge in [0.1, 0.15) is 13.1 Å². The fraction of sp³-hybridized carbons (Fsp3) is 0.579. The van der Waals surface area contributed by atoms with Gasteiger partial charge in [-0.05, 0) is 30.5 Å². The third-order valence-electron chi connectivity index (χ3n) is 4.73. The van der Waals surface area contributed by atoms with Gasteiger partial charge in [0.2, 0.25) is 5.91 Å². The number of nitrogens with one attached hydrogen (secondary N) is 1. The molecule has 1 aromatic heterocycles. The fourth-order valence-electron chi connectivity index (χ4n) is 3.15. The number of amides is 1. The van der Waals surface area contributed by atoms with Crippen LogP contribution in [-0.2, 0) is 16.0 Å². The lowest BCUT2D eigenvalue weighted by Crippen LogP contribution is -3.14. The van der Waals surface area contributed by atoms with Crippen LogP contribution in [0.5, 0.6) is 0 Å². The third kappa shape index (κ3) is 4.57. The molecule has 1 aliphatic rings. The van der Waals surface area contributed by atoms with Gasteiger partial charge in [-0.15, -0.1) is 0 Å². The SMILES string of the molecule is CCCC(=O)N(CC[NH+]1CCOCC1)c1nc2ccc(CC)cc2s1. The van der Waals surface area contributed by atoms with Crippen LogP contribution >= 0.6 is 11.3 Å². The van der Waals surface area contributed by atoms with Crippen LogP contribution in [0.4, 0.5) is 5.13 Å². The first kappa shape index (κ1) is 18.3. The molecule has 2 heterocycles. The van der Waals surface area contributed by atoms with Crippen molar-refractivity contribution < 1.29 is 14.4 Å². The molecule has 1 N–H and O–H groups in total. The number of fused-ring (bicyclic) bond motifs is 1. The van der Waals surface area contributed by atoms with E-state index in [1.807, 2.05) is 4.90 Å². The van der Waals surface area contributed by atoms with Gasteiger partial charge in [-0.25, -0.2) is 4.98 Å². The largest absolute Gasteiger partial charge is 0.370 e. The highest BCUT2D eigenvalue weighted by Gasteiger charge is 2.22. The van der Waals surface area contributed by atoms with Crippen LogP contribution in [0.25, 0.3) is 10.2 Å². The monoisotopic (exact) mass is 362 g/mol. The van der Waals surface area contributed by atoms with E-state index in [9.17, 15) is 4.79 Å². The van der Waals surface area contributed by atoms with Crippen LogP contribution in [0, 0.1) is 0 Å². The minimum atomic E-state index is 0.185. The Balaban J connectivity index is 1.78. The number of nitrogens with zero attached hydrogens (tertiary/aromatic N) is 2. The Morgan fingerprint density at radius 3 is 2.84 bits per heavy atom. The number of anilines is 1. The van der Waals surface area contributed by atoms with E-state index in [0.717, 1.165) is 62.9 Å². The molecule has 6 heteroatoms. The number of quaternary nitrogens is 1. The van der Waals surface area contributed by atoms with Gasteiger partial charge in [0, 0.05) is 6.42 Å². The molecule has 1 aliphatic heterocycles. The van der Waals surface area contributed by atoms with Crippen molar-refractivity contribution in [3.63, 3.8) is 0 Å². The maximum Gasteiger partial charge on any atom is 0.228 e. The summed E-state index contributed by atoms with van der Waals surface area (Å²) in [4.78, 5) is 20.8. The van der Waals surface area contributed by atoms with Crippen molar-refractivity contribution in [1.29, 1.82) is 0 Å². The zero-order valence-electron chi connectivity index (χ0n) is 15.2. The second kappa shape index (κ2) is 8.74. The molecule has 2 aromatic rings. The van der Waals surface area contributed by atoms with Crippen molar-refractivity contribution in [3.8, 4) is 0 Å². The number of carbonyl (C=O) groups is 1. The Hall–Kier alpha value is -1.50. The number of thiazole rings is 1. The van der Waals surface area contributed by atoms with Gasteiger partial charge in [0.15, 0.2) is 5.13 Å². The quantitative estimate of drug-likeness (QED) is 0.818. The average Bonchev–Trinajstić information content (AvgIpc) is 3.05. The molecule has 25 heavy (non-hydrogen) atoms. The van der Waals surface area contributed by atoms with E-state index in [0.29, 0.717) is 6.42 Å². The summed E-state index contributed by atoms with van der Waals surface area (Å²) in [5.41, 5.74) is 2.30. The summed E-state index contributed by atoms with van der Waals surface area (Å²) < 4.78 is 6.60. The fourth-order valence-corrected chi connectivity index (χ4v) is 4.22. The molecule has 0 unspecified atom stereocenters. The van der Waals surface area contributed by atoms with Crippen LogP contribution in [-0.4, -0.2) is 50.3 Å². The smallest absolute Gasteiger partial charge is 0.228 e. The number of morpholine rings is 1. The highest BCUT2D eigenvalue weighted by atomic mass is 32.1. The van der Waals surface area contributed by atoms with Crippen molar-refractivity contribution in [1.82, 2.24) is 4.98 Å². The molecular formula is C19H28N3O2S+. The Kier molecular flexibility index (Phi) is 6.39. The first-order valence-electron chi connectivity index (χ1n) is 9.32. The maximum absolute atomic E-state index is 12.7. The summed E-state index contributed by atoms with van der Waals surface area (Å²) >= 11 is 1.64. The zero-order chi connectivity index (χ0) is 17.6. The number of carbonyl (C=O) groups excluding carboxylic acids is 1. The number of ether oxygens (including phenoxy) is 1. The second-order valence-corrected chi connectivity index (χ2v) is 7.57. The average molecular weight is 363 g/mol. The number of hydrogen-bond donors (Lipinski definition) is 1. The third-order valence-corrected chi connectivity index (χ3v) is 5.78. The summed E-state index contributed by atoms with van der Waals surface area (Å²) in [7, 11) is 0. The van der Waals surface area contributed by atoms with Gasteiger partial charge in [-0.3, -0.25) is 9.69 Å². The predicted molar refractivity (Wildman–Crippen MR) is 103 cm³/mol. The van der Waals surface area contributed by atoms with Crippen LogP contribution in [0.3, 0.4) is 0 Å². The molecule has 1 aromatic carbocycles. The van der Waals surface area contributed by atoms with Gasteiger partial charge in [0.05, 0.1) is 36.5 Å². The zero-order valence-corrected chi connectivity index (χ0v) is 16.0. The number of aromatic nitrogens is 1. The molecular weight excluding hydrogens is 334 g/mol. The van der Waals surface area contributed by atoms with Gasteiger partial charge >= 0.3 is 0 Å². The molecule has 1 amide bonds. The van der Waals surface area contributed by atoms with E-state index in [1.54, 1.807) is 11.3 Å². The molecule has 0 saturated carbocycles. The first-order valence-corrected chi connectivity index (χ1v) is 10.1. The summed E-state index contributed by atoms with van der Waals surface area (Å²) in [5.74, 6) is 0.185. The number of aryl methyl sites for hydroxylation is 1. The number of benzene rings is 1. The van der Waals surface area contributed by atoms with E-state index in [2.05, 4.69) is 32.0 Å². The van der Waals surface area contributed by atoms with E-state index in [-0.39, 0.29) is 5.91 Å². The summed E-state index contributed by atoms with van der Waals surface area (Å²) in [6.45, 7) is 9.58. The van der Waals surface area contributed by atoms with Gasteiger partial charge in [-0.1, -0.05) is 31.3 Å². The minimum absolute atomic E-state index is 0.185. The van der Waals surface area contributed by atoms with Crippen LogP contribution in [0.1, 0.15) is 32.3 Å². The van der Waals surface area contributed by atoms with E-state index < -0.39 is 0 Å². The first-order chi connectivity index (χ1) is 12.2. The molecule has 3 rings (SSSR count). The van der Waals surface area contributed by atoms with Crippen LogP contribution in [0.2, 0.25) is 0 Å². The Morgan fingerprint density at radius 1 is 1.32 bits per heavy atom. The van der Waals surface area contributed by atoms with Gasteiger partial charge < -0.3 is 9.64 Å². The predicted octanol–water partition coefficient (Wildman–Crippen LogP) is 1.91. The van der Waals surface area contributed by atoms with Crippen molar-refractivity contribution in [2.75, 3.05) is 44.3 Å². The summed E-state index contributed by atoms with van der Waals surface area (Å²) in [6.07, 6.45) is 2.46. The molecule has 0 atom stereocenters. The van der Waals surface area contributed by atoms with Crippen molar-refractivity contribution in [3.05, 3.63) is 23.8 Å². The minimum Gasteiger partial charge on any atom is -0.370 e. The van der Waals surface area contributed by atoms with Crippen LogP contribution in [0.15, 0.2) is 18.2 Å². The Morgan fingerprint density at radius 2 is 2.12 bits per heavy atom. The van der Waals surface area contributed by atoms with E-state index >= 15 is 0 Å². The van der Waals surface area contributed by atoms with Crippen molar-refractivity contribution in [2.45, 2.75) is 33.1 Å². The van der Waals surface area contributed by atoms with Gasteiger partial charge in [-0.2, -0.15) is 0 Å². The molecule has 0 bridgehead atoms. The highest BCUT2D eigenvalue weighted by Crippen LogP contribution is 2.30. The molecule has 0 aliphatic carbocycles. The molecule has 1 saturated heterocycles. The standard InChI is InChI=1S/C19H27N3O2S/c1-3-5-18(23)22(9-8-21-10-12-24-13-11-21)19-20-16-7-6-15(4-2)14-17(16)25-19/h6-7,14H,3-5,8-13H2,1-2H3/p+1. The Labute approximate surface area is 153 Å². The van der Waals surface area contributed by atoms with E-state index in [1.165, 1.54) is 15.2 Å².